The Morgan fingerprint density at radius 3 is 2.14 bits per heavy atom. The first-order valence-corrected chi connectivity index (χ1v) is 7.06. The number of benzene rings is 1. The summed E-state index contributed by atoms with van der Waals surface area (Å²) in [6.07, 6.45) is 3.40. The van der Waals surface area contributed by atoms with E-state index in [1.165, 1.54) is 5.56 Å². The van der Waals surface area contributed by atoms with Gasteiger partial charge in [-0.05, 0) is 22.6 Å². The van der Waals surface area contributed by atoms with Gasteiger partial charge in [0.1, 0.15) is 0 Å². The van der Waals surface area contributed by atoms with Crippen LogP contribution in [0.2, 0.25) is 0 Å². The summed E-state index contributed by atoms with van der Waals surface area (Å²) in [5.74, 6) is -0.0318. The van der Waals surface area contributed by atoms with E-state index < -0.39 is 0 Å². The maximum absolute atomic E-state index is 12.0. The van der Waals surface area contributed by atoms with Crippen molar-refractivity contribution < 1.29 is 4.79 Å². The fraction of sp³-hybridized carbons (Fsp3) is 0.333. The third kappa shape index (κ3) is 3.48. The molecule has 3 nitrogen and oxygen atoms in total. The molecule has 0 saturated carbocycles. The number of rotatable bonds is 2. The molecule has 0 aliphatic heterocycles. The number of carbonyl (C=O) groups excluding carboxylic acids is 1. The summed E-state index contributed by atoms with van der Waals surface area (Å²) in [4.78, 5) is 17.7. The zero-order valence-electron chi connectivity index (χ0n) is 13.3. The number of hydrogen-bond acceptors (Lipinski definition) is 2. The predicted octanol–water partition coefficient (Wildman–Crippen LogP) is 3.75. The SMILES string of the molecule is CN(C)C(=O)c1cncc(-c2ccc(C(C)(C)C)cc2)c1. The molecule has 2 rings (SSSR count). The van der Waals surface area contributed by atoms with E-state index in [9.17, 15) is 4.79 Å². The lowest BCUT2D eigenvalue weighted by Crippen LogP contribution is -2.21. The van der Waals surface area contributed by atoms with Crippen molar-refractivity contribution in [2.24, 2.45) is 0 Å². The molecule has 2 aromatic rings. The molecule has 0 radical (unpaired) electrons. The first-order chi connectivity index (χ1) is 9.79. The molecule has 0 aliphatic carbocycles. The Labute approximate surface area is 126 Å². The molecule has 3 heteroatoms. The van der Waals surface area contributed by atoms with E-state index in [4.69, 9.17) is 0 Å². The van der Waals surface area contributed by atoms with Gasteiger partial charge in [-0.15, -0.1) is 0 Å². The van der Waals surface area contributed by atoms with E-state index in [0.717, 1.165) is 11.1 Å². The van der Waals surface area contributed by atoms with Crippen LogP contribution in [0.15, 0.2) is 42.7 Å². The van der Waals surface area contributed by atoms with Crippen molar-refractivity contribution in [2.75, 3.05) is 14.1 Å². The van der Waals surface area contributed by atoms with Crippen molar-refractivity contribution in [2.45, 2.75) is 26.2 Å². The van der Waals surface area contributed by atoms with Gasteiger partial charge in [0, 0.05) is 32.1 Å². The van der Waals surface area contributed by atoms with Crippen LogP contribution in [0.3, 0.4) is 0 Å². The normalized spacial score (nSPS) is 11.3. The summed E-state index contributed by atoms with van der Waals surface area (Å²) < 4.78 is 0. The van der Waals surface area contributed by atoms with Crippen LogP contribution >= 0.6 is 0 Å². The fourth-order valence-electron chi connectivity index (χ4n) is 2.14. The summed E-state index contributed by atoms with van der Waals surface area (Å²) in [6, 6.07) is 10.3. The molecular weight excluding hydrogens is 260 g/mol. The van der Waals surface area contributed by atoms with Crippen molar-refractivity contribution >= 4 is 5.91 Å². The second kappa shape index (κ2) is 5.68. The molecule has 110 valence electrons. The molecule has 0 bridgehead atoms. The molecule has 1 heterocycles. The van der Waals surface area contributed by atoms with E-state index in [2.05, 4.69) is 50.0 Å². The first-order valence-electron chi connectivity index (χ1n) is 7.06. The van der Waals surface area contributed by atoms with E-state index in [1.54, 1.807) is 31.4 Å². The number of pyridine rings is 1. The summed E-state index contributed by atoms with van der Waals surface area (Å²) >= 11 is 0. The predicted molar refractivity (Wildman–Crippen MR) is 86.4 cm³/mol. The number of aromatic nitrogens is 1. The van der Waals surface area contributed by atoms with Gasteiger partial charge in [0.25, 0.3) is 5.91 Å². The molecule has 0 atom stereocenters. The molecule has 0 spiro atoms. The summed E-state index contributed by atoms with van der Waals surface area (Å²) in [6.45, 7) is 6.58. The lowest BCUT2D eigenvalue weighted by atomic mass is 9.86. The standard InChI is InChI=1S/C18H22N2O/c1-18(2,3)16-8-6-13(7-9-16)14-10-15(12-19-11-14)17(21)20(4)5/h6-12H,1-5H3. The average Bonchev–Trinajstić information content (AvgIpc) is 2.46. The van der Waals surface area contributed by atoms with Gasteiger partial charge < -0.3 is 4.90 Å². The number of nitrogens with zero attached hydrogens (tertiary/aromatic N) is 2. The summed E-state index contributed by atoms with van der Waals surface area (Å²) in [5.41, 5.74) is 4.07. The van der Waals surface area contributed by atoms with Crippen molar-refractivity contribution in [1.29, 1.82) is 0 Å². The van der Waals surface area contributed by atoms with Crippen LogP contribution in [0.4, 0.5) is 0 Å². The summed E-state index contributed by atoms with van der Waals surface area (Å²) in [5, 5.41) is 0. The van der Waals surface area contributed by atoms with Crippen molar-refractivity contribution in [3.63, 3.8) is 0 Å². The van der Waals surface area contributed by atoms with Gasteiger partial charge in [-0.3, -0.25) is 9.78 Å². The van der Waals surface area contributed by atoms with Gasteiger partial charge in [-0.2, -0.15) is 0 Å². The lowest BCUT2D eigenvalue weighted by Gasteiger charge is -2.19. The highest BCUT2D eigenvalue weighted by Crippen LogP contribution is 2.26. The number of hydrogen-bond donors (Lipinski definition) is 0. The van der Waals surface area contributed by atoms with Crippen LogP contribution in [-0.2, 0) is 5.41 Å². The van der Waals surface area contributed by atoms with E-state index >= 15 is 0 Å². The second-order valence-electron chi connectivity index (χ2n) is 6.49. The highest BCUT2D eigenvalue weighted by atomic mass is 16.2. The molecule has 0 fully saturated rings. The van der Waals surface area contributed by atoms with Gasteiger partial charge in [0.15, 0.2) is 0 Å². The van der Waals surface area contributed by atoms with E-state index in [0.29, 0.717) is 5.56 Å². The number of amides is 1. The Morgan fingerprint density at radius 2 is 1.62 bits per heavy atom. The third-order valence-electron chi connectivity index (χ3n) is 3.48. The smallest absolute Gasteiger partial charge is 0.254 e. The van der Waals surface area contributed by atoms with Crippen LogP contribution in [0.25, 0.3) is 11.1 Å². The quantitative estimate of drug-likeness (QED) is 0.840. The van der Waals surface area contributed by atoms with Crippen LogP contribution in [0.5, 0.6) is 0 Å². The Kier molecular flexibility index (Phi) is 4.12. The maximum Gasteiger partial charge on any atom is 0.254 e. The maximum atomic E-state index is 12.0. The minimum Gasteiger partial charge on any atom is -0.345 e. The topological polar surface area (TPSA) is 33.2 Å². The monoisotopic (exact) mass is 282 g/mol. The molecule has 1 aromatic carbocycles. The van der Waals surface area contributed by atoms with Gasteiger partial charge in [0.2, 0.25) is 0 Å². The Morgan fingerprint density at radius 1 is 1.00 bits per heavy atom. The van der Waals surface area contributed by atoms with Crippen LogP contribution < -0.4 is 0 Å². The molecule has 1 aromatic heterocycles. The molecule has 0 saturated heterocycles. The molecule has 0 aliphatic rings. The minimum atomic E-state index is -0.0318. The van der Waals surface area contributed by atoms with E-state index in [1.807, 2.05) is 6.07 Å². The molecule has 0 unspecified atom stereocenters. The van der Waals surface area contributed by atoms with Gasteiger partial charge in [-0.1, -0.05) is 45.0 Å². The summed E-state index contributed by atoms with van der Waals surface area (Å²) in [7, 11) is 3.49. The van der Waals surface area contributed by atoms with Crippen LogP contribution in [-0.4, -0.2) is 29.9 Å². The minimum absolute atomic E-state index is 0.0318. The highest BCUT2D eigenvalue weighted by Gasteiger charge is 2.14. The molecule has 1 amide bonds. The second-order valence-corrected chi connectivity index (χ2v) is 6.49. The van der Waals surface area contributed by atoms with E-state index in [-0.39, 0.29) is 11.3 Å². The Bertz CT molecular complexity index is 637. The van der Waals surface area contributed by atoms with Crippen molar-refractivity contribution in [3.8, 4) is 11.1 Å². The first kappa shape index (κ1) is 15.2. The van der Waals surface area contributed by atoms with Crippen molar-refractivity contribution in [3.05, 3.63) is 53.9 Å². The highest BCUT2D eigenvalue weighted by molar-refractivity contribution is 5.94. The van der Waals surface area contributed by atoms with Crippen LogP contribution in [0.1, 0.15) is 36.7 Å². The zero-order chi connectivity index (χ0) is 15.6. The molecule has 0 N–H and O–H groups in total. The van der Waals surface area contributed by atoms with Crippen molar-refractivity contribution in [1.82, 2.24) is 9.88 Å². The Hall–Kier alpha value is -2.16. The van der Waals surface area contributed by atoms with Gasteiger partial charge in [-0.25, -0.2) is 0 Å². The Balaban J connectivity index is 2.35. The zero-order valence-corrected chi connectivity index (χ0v) is 13.3. The van der Waals surface area contributed by atoms with Gasteiger partial charge in [0.05, 0.1) is 5.56 Å². The largest absolute Gasteiger partial charge is 0.345 e. The molecule has 21 heavy (non-hydrogen) atoms. The van der Waals surface area contributed by atoms with Crippen LogP contribution in [0, 0.1) is 0 Å². The third-order valence-corrected chi connectivity index (χ3v) is 3.48. The van der Waals surface area contributed by atoms with Gasteiger partial charge >= 0.3 is 0 Å². The fourth-order valence-corrected chi connectivity index (χ4v) is 2.14. The lowest BCUT2D eigenvalue weighted by molar-refractivity contribution is 0.0827. The molecular formula is C18H22N2O. The number of carbonyl (C=O) groups is 1. The average molecular weight is 282 g/mol.